The van der Waals surface area contributed by atoms with Crippen LogP contribution in [0.25, 0.3) is 0 Å². The number of carbonyl (C=O) groups excluding carboxylic acids is 2. The third-order valence-corrected chi connectivity index (χ3v) is 5.54. The van der Waals surface area contributed by atoms with Gasteiger partial charge in [-0.15, -0.1) is 11.8 Å². The fourth-order valence-corrected chi connectivity index (χ4v) is 3.72. The van der Waals surface area contributed by atoms with Crippen molar-refractivity contribution in [2.24, 2.45) is 0 Å². The van der Waals surface area contributed by atoms with E-state index < -0.39 is 0 Å². The molecule has 5 nitrogen and oxygen atoms in total. The third-order valence-electron chi connectivity index (χ3n) is 4.47. The summed E-state index contributed by atoms with van der Waals surface area (Å²) in [5, 5.41) is 14.7. The molecule has 0 aliphatic carbocycles. The molecule has 0 fully saturated rings. The number of hydrogen-bond acceptors (Lipinski definition) is 4. The maximum absolute atomic E-state index is 12.7. The Labute approximate surface area is 180 Å². The molecular weight excluding hydrogens is 394 g/mol. The molecule has 0 saturated carbocycles. The monoisotopic (exact) mass is 415 g/mol. The molecule has 0 aliphatic rings. The highest BCUT2D eigenvalue weighted by atomic mass is 32.2. The Hall–Kier alpha value is -3.56. The highest BCUT2D eigenvalue weighted by Gasteiger charge is 2.13. The van der Waals surface area contributed by atoms with E-state index in [1.165, 1.54) is 11.8 Å². The lowest BCUT2D eigenvalue weighted by Crippen LogP contribution is -2.24. The Morgan fingerprint density at radius 2 is 1.77 bits per heavy atom. The number of hydrogen-bond donors (Lipinski definition) is 2. The van der Waals surface area contributed by atoms with Gasteiger partial charge in [0.05, 0.1) is 22.9 Å². The fourth-order valence-electron chi connectivity index (χ4n) is 2.87. The fraction of sp³-hybridized carbons (Fsp3) is 0.125. The summed E-state index contributed by atoms with van der Waals surface area (Å²) >= 11 is 1.30. The van der Waals surface area contributed by atoms with Crippen LogP contribution in [0.1, 0.15) is 27.0 Å². The Morgan fingerprint density at radius 3 is 2.57 bits per heavy atom. The van der Waals surface area contributed by atoms with Crippen LogP contribution in [0, 0.1) is 18.3 Å². The van der Waals surface area contributed by atoms with E-state index in [9.17, 15) is 9.59 Å². The molecule has 0 aliphatic heterocycles. The number of thioether (sulfide) groups is 1. The molecule has 0 unspecified atom stereocenters. The van der Waals surface area contributed by atoms with Crippen LogP contribution in [0.5, 0.6) is 0 Å². The summed E-state index contributed by atoms with van der Waals surface area (Å²) in [4.78, 5) is 25.7. The average Bonchev–Trinajstić information content (AvgIpc) is 2.77. The topological polar surface area (TPSA) is 82.0 Å². The minimum absolute atomic E-state index is 0.152. The van der Waals surface area contributed by atoms with Crippen LogP contribution in [0.2, 0.25) is 0 Å². The van der Waals surface area contributed by atoms with Gasteiger partial charge in [-0.2, -0.15) is 5.26 Å². The first-order valence-electron chi connectivity index (χ1n) is 9.41. The molecule has 150 valence electrons. The largest absolute Gasteiger partial charge is 0.348 e. The molecule has 3 aromatic rings. The summed E-state index contributed by atoms with van der Waals surface area (Å²) in [6.45, 7) is 2.45. The summed E-state index contributed by atoms with van der Waals surface area (Å²) in [5.74, 6) is -0.229. The molecule has 6 heteroatoms. The van der Waals surface area contributed by atoms with Crippen molar-refractivity contribution in [3.8, 4) is 6.07 Å². The van der Waals surface area contributed by atoms with Crippen molar-refractivity contribution in [3.63, 3.8) is 0 Å². The lowest BCUT2D eigenvalue weighted by Gasteiger charge is -2.11. The number of amides is 2. The van der Waals surface area contributed by atoms with Crippen LogP contribution in [-0.2, 0) is 11.3 Å². The molecule has 0 saturated heterocycles. The van der Waals surface area contributed by atoms with E-state index >= 15 is 0 Å². The summed E-state index contributed by atoms with van der Waals surface area (Å²) in [7, 11) is 0. The van der Waals surface area contributed by atoms with Crippen molar-refractivity contribution in [1.29, 1.82) is 5.26 Å². The summed E-state index contributed by atoms with van der Waals surface area (Å²) in [6, 6.07) is 23.9. The molecule has 0 radical (unpaired) electrons. The SMILES string of the molecule is Cc1ccccc1CNC(=O)c1ccccc1SCC(=O)Nc1cccc(C#N)c1. The zero-order chi connectivity index (χ0) is 21.3. The van der Waals surface area contributed by atoms with Crippen LogP contribution in [0.3, 0.4) is 0 Å². The van der Waals surface area contributed by atoms with Gasteiger partial charge in [-0.3, -0.25) is 9.59 Å². The molecule has 0 bridgehead atoms. The van der Waals surface area contributed by atoms with Gasteiger partial charge in [0, 0.05) is 17.1 Å². The van der Waals surface area contributed by atoms with Crippen molar-refractivity contribution >= 4 is 29.3 Å². The lowest BCUT2D eigenvalue weighted by molar-refractivity contribution is -0.113. The third kappa shape index (κ3) is 5.72. The van der Waals surface area contributed by atoms with E-state index in [1.54, 1.807) is 36.4 Å². The molecule has 2 amide bonds. The van der Waals surface area contributed by atoms with Gasteiger partial charge in [0.1, 0.15) is 0 Å². The lowest BCUT2D eigenvalue weighted by atomic mass is 10.1. The number of nitrogens with one attached hydrogen (secondary N) is 2. The molecule has 0 heterocycles. The second-order valence-electron chi connectivity index (χ2n) is 6.63. The Morgan fingerprint density at radius 1 is 1.00 bits per heavy atom. The van der Waals surface area contributed by atoms with Gasteiger partial charge in [-0.05, 0) is 48.4 Å². The molecule has 0 spiro atoms. The molecule has 0 atom stereocenters. The van der Waals surface area contributed by atoms with Crippen LogP contribution >= 0.6 is 11.8 Å². The van der Waals surface area contributed by atoms with Crippen LogP contribution in [0.15, 0.2) is 77.7 Å². The number of nitrogens with zero attached hydrogens (tertiary/aromatic N) is 1. The highest BCUT2D eigenvalue weighted by Crippen LogP contribution is 2.23. The second-order valence-corrected chi connectivity index (χ2v) is 7.65. The van der Waals surface area contributed by atoms with Gasteiger partial charge >= 0.3 is 0 Å². The first-order chi connectivity index (χ1) is 14.6. The Bertz CT molecular complexity index is 1110. The summed E-state index contributed by atoms with van der Waals surface area (Å²) in [5.41, 5.74) is 3.78. The molecule has 2 N–H and O–H groups in total. The summed E-state index contributed by atoms with van der Waals surface area (Å²) < 4.78 is 0. The van der Waals surface area contributed by atoms with Gasteiger partial charge in [-0.1, -0.05) is 42.5 Å². The predicted molar refractivity (Wildman–Crippen MR) is 119 cm³/mol. The standard InChI is InChI=1S/C24H21N3O2S/c1-17-7-2-3-9-19(17)15-26-24(29)21-11-4-5-12-22(21)30-16-23(28)27-20-10-6-8-18(13-20)14-25/h2-13H,15-16H2,1H3,(H,26,29)(H,27,28). The second kappa shape index (κ2) is 10.3. The zero-order valence-corrected chi connectivity index (χ0v) is 17.3. The molecule has 3 rings (SSSR count). The smallest absolute Gasteiger partial charge is 0.252 e. The van der Waals surface area contributed by atoms with Crippen molar-refractivity contribution in [3.05, 3.63) is 95.1 Å². The van der Waals surface area contributed by atoms with Gasteiger partial charge in [-0.25, -0.2) is 0 Å². The number of nitriles is 1. The van der Waals surface area contributed by atoms with Crippen molar-refractivity contribution in [1.82, 2.24) is 5.32 Å². The van der Waals surface area contributed by atoms with Gasteiger partial charge in [0.2, 0.25) is 5.91 Å². The van der Waals surface area contributed by atoms with E-state index in [-0.39, 0.29) is 17.6 Å². The van der Waals surface area contributed by atoms with Crippen molar-refractivity contribution in [2.75, 3.05) is 11.1 Å². The molecule has 0 aromatic heterocycles. The Balaban J connectivity index is 1.60. The van der Waals surface area contributed by atoms with E-state index in [2.05, 4.69) is 10.6 Å². The van der Waals surface area contributed by atoms with E-state index in [0.29, 0.717) is 23.4 Å². The van der Waals surface area contributed by atoms with E-state index in [0.717, 1.165) is 16.0 Å². The number of carbonyl (C=O) groups is 2. The predicted octanol–water partition coefficient (Wildman–Crippen LogP) is 4.53. The van der Waals surface area contributed by atoms with Crippen molar-refractivity contribution in [2.45, 2.75) is 18.4 Å². The molecular formula is C24H21N3O2S. The van der Waals surface area contributed by atoms with E-state index in [1.807, 2.05) is 49.4 Å². The maximum Gasteiger partial charge on any atom is 0.252 e. The number of aryl methyl sites for hydroxylation is 1. The number of anilines is 1. The van der Waals surface area contributed by atoms with Crippen LogP contribution in [-0.4, -0.2) is 17.6 Å². The Kier molecular flexibility index (Phi) is 7.25. The number of benzene rings is 3. The minimum Gasteiger partial charge on any atom is -0.348 e. The average molecular weight is 416 g/mol. The van der Waals surface area contributed by atoms with Crippen LogP contribution in [0.4, 0.5) is 5.69 Å². The van der Waals surface area contributed by atoms with Crippen LogP contribution < -0.4 is 10.6 Å². The normalized spacial score (nSPS) is 10.1. The van der Waals surface area contributed by atoms with Gasteiger partial charge in [0.15, 0.2) is 0 Å². The first-order valence-corrected chi connectivity index (χ1v) is 10.4. The minimum atomic E-state index is -0.204. The van der Waals surface area contributed by atoms with E-state index in [4.69, 9.17) is 5.26 Å². The molecule has 3 aromatic carbocycles. The molecule has 30 heavy (non-hydrogen) atoms. The summed E-state index contributed by atoms with van der Waals surface area (Å²) in [6.07, 6.45) is 0. The first kappa shape index (κ1) is 21.2. The maximum atomic E-state index is 12.7. The highest BCUT2D eigenvalue weighted by molar-refractivity contribution is 8.00. The van der Waals surface area contributed by atoms with Gasteiger partial charge < -0.3 is 10.6 Å². The van der Waals surface area contributed by atoms with Crippen molar-refractivity contribution < 1.29 is 9.59 Å². The number of rotatable bonds is 7. The zero-order valence-electron chi connectivity index (χ0n) is 16.5. The van der Waals surface area contributed by atoms with Gasteiger partial charge in [0.25, 0.3) is 5.91 Å². The quantitative estimate of drug-likeness (QED) is 0.556.